The fourth-order valence-electron chi connectivity index (χ4n) is 1.21. The van der Waals surface area contributed by atoms with Crippen molar-refractivity contribution in [2.24, 2.45) is 0 Å². The van der Waals surface area contributed by atoms with Gasteiger partial charge in [0.25, 0.3) is 5.69 Å². The molecule has 0 radical (unpaired) electrons. The molecular formula is C10H7ClN4O3. The monoisotopic (exact) mass is 266 g/mol. The second kappa shape index (κ2) is 4.84. The quantitative estimate of drug-likeness (QED) is 0.676. The van der Waals surface area contributed by atoms with Gasteiger partial charge in [-0.15, -0.1) is 0 Å². The van der Waals surface area contributed by atoms with Gasteiger partial charge in [-0.2, -0.15) is 4.98 Å². The number of nitrogens with two attached hydrogens (primary N) is 1. The van der Waals surface area contributed by atoms with Crippen LogP contribution in [0.4, 0.5) is 11.6 Å². The number of aromatic nitrogens is 2. The van der Waals surface area contributed by atoms with Crippen LogP contribution in [-0.2, 0) is 0 Å². The van der Waals surface area contributed by atoms with Crippen LogP contribution in [0.1, 0.15) is 0 Å². The van der Waals surface area contributed by atoms with Crippen molar-refractivity contribution in [3.63, 3.8) is 0 Å². The highest BCUT2D eigenvalue weighted by atomic mass is 35.5. The van der Waals surface area contributed by atoms with Gasteiger partial charge >= 0.3 is 0 Å². The molecular weight excluding hydrogens is 260 g/mol. The highest BCUT2D eigenvalue weighted by Gasteiger charge is 2.10. The van der Waals surface area contributed by atoms with E-state index in [0.717, 1.165) is 0 Å². The van der Waals surface area contributed by atoms with Crippen LogP contribution in [0, 0.1) is 10.1 Å². The molecule has 0 spiro atoms. The molecule has 0 bridgehead atoms. The van der Waals surface area contributed by atoms with Gasteiger partial charge in [0.2, 0.25) is 11.8 Å². The third-order valence-corrected chi connectivity index (χ3v) is 2.23. The van der Waals surface area contributed by atoms with Crippen LogP contribution in [-0.4, -0.2) is 14.9 Å². The molecule has 1 aromatic carbocycles. The molecule has 8 heteroatoms. The largest absolute Gasteiger partial charge is 0.437 e. The summed E-state index contributed by atoms with van der Waals surface area (Å²) in [5.41, 5.74) is 5.30. The van der Waals surface area contributed by atoms with Gasteiger partial charge in [-0.1, -0.05) is 17.7 Å². The molecule has 1 heterocycles. The molecule has 1 aromatic heterocycles. The molecule has 0 aliphatic heterocycles. The van der Waals surface area contributed by atoms with Crippen molar-refractivity contribution in [2.75, 3.05) is 5.73 Å². The lowest BCUT2D eigenvalue weighted by Gasteiger charge is -2.06. The predicted octanol–water partition coefficient (Wildman–Crippen LogP) is 2.41. The third-order valence-electron chi connectivity index (χ3n) is 1.97. The zero-order chi connectivity index (χ0) is 13.1. The summed E-state index contributed by atoms with van der Waals surface area (Å²) < 4.78 is 5.31. The molecule has 0 saturated heterocycles. The Hall–Kier alpha value is -2.41. The molecule has 7 nitrogen and oxygen atoms in total. The highest BCUT2D eigenvalue weighted by Crippen LogP contribution is 2.28. The number of anilines is 1. The van der Waals surface area contributed by atoms with E-state index in [2.05, 4.69) is 9.97 Å². The smallest absolute Gasteiger partial charge is 0.273 e. The molecule has 92 valence electrons. The summed E-state index contributed by atoms with van der Waals surface area (Å²) in [6.45, 7) is 0. The minimum Gasteiger partial charge on any atom is -0.437 e. The van der Waals surface area contributed by atoms with Crippen LogP contribution >= 0.6 is 11.6 Å². The maximum absolute atomic E-state index is 10.6. The Labute approximate surface area is 106 Å². The lowest BCUT2D eigenvalue weighted by Crippen LogP contribution is -1.97. The molecule has 0 atom stereocenters. The van der Waals surface area contributed by atoms with Gasteiger partial charge < -0.3 is 10.5 Å². The lowest BCUT2D eigenvalue weighted by atomic mass is 10.3. The Kier molecular flexibility index (Phi) is 3.24. The molecule has 0 aliphatic carbocycles. The normalized spacial score (nSPS) is 10.1. The summed E-state index contributed by atoms with van der Waals surface area (Å²) in [5.74, 6) is 0.286. The highest BCUT2D eigenvalue weighted by molar-refractivity contribution is 6.31. The molecule has 2 rings (SSSR count). The molecule has 18 heavy (non-hydrogen) atoms. The average Bonchev–Trinajstić information content (AvgIpc) is 2.34. The number of non-ortho nitro benzene ring substituents is 1. The van der Waals surface area contributed by atoms with Crippen LogP contribution in [0.15, 0.2) is 30.5 Å². The first-order valence-electron chi connectivity index (χ1n) is 4.76. The number of hydrogen-bond donors (Lipinski definition) is 1. The van der Waals surface area contributed by atoms with Crippen LogP contribution < -0.4 is 10.5 Å². The van der Waals surface area contributed by atoms with Crippen molar-refractivity contribution < 1.29 is 9.66 Å². The van der Waals surface area contributed by atoms with Crippen molar-refractivity contribution in [2.45, 2.75) is 0 Å². The van der Waals surface area contributed by atoms with Gasteiger partial charge in [0.05, 0.1) is 17.2 Å². The minimum atomic E-state index is -0.525. The van der Waals surface area contributed by atoms with E-state index in [0.29, 0.717) is 0 Å². The summed E-state index contributed by atoms with van der Waals surface area (Å²) in [5, 5.41) is 10.8. The number of benzene rings is 1. The zero-order valence-electron chi connectivity index (χ0n) is 8.91. The van der Waals surface area contributed by atoms with Gasteiger partial charge in [-0.25, -0.2) is 4.98 Å². The number of halogens is 1. The first kappa shape index (κ1) is 12.1. The Morgan fingerprint density at radius 1 is 1.44 bits per heavy atom. The summed E-state index contributed by atoms with van der Waals surface area (Å²) >= 11 is 5.81. The van der Waals surface area contributed by atoms with E-state index in [-0.39, 0.29) is 28.3 Å². The predicted molar refractivity (Wildman–Crippen MR) is 64.6 cm³/mol. The second-order valence-electron chi connectivity index (χ2n) is 3.24. The summed E-state index contributed by atoms with van der Waals surface area (Å²) in [7, 11) is 0. The van der Waals surface area contributed by atoms with Crippen LogP contribution in [0.3, 0.4) is 0 Å². The van der Waals surface area contributed by atoms with E-state index in [1.54, 1.807) is 6.07 Å². The summed E-state index contributed by atoms with van der Waals surface area (Å²) in [6.07, 6.45) is 1.29. The Morgan fingerprint density at radius 2 is 2.22 bits per heavy atom. The van der Waals surface area contributed by atoms with Crippen molar-refractivity contribution >= 4 is 23.2 Å². The molecule has 0 amide bonds. The summed E-state index contributed by atoms with van der Waals surface area (Å²) in [4.78, 5) is 17.5. The van der Waals surface area contributed by atoms with E-state index >= 15 is 0 Å². The molecule has 0 aliphatic rings. The number of ether oxygens (including phenoxy) is 1. The third kappa shape index (κ3) is 2.64. The Morgan fingerprint density at radius 3 is 2.94 bits per heavy atom. The van der Waals surface area contributed by atoms with Gasteiger partial charge in [-0.05, 0) is 6.07 Å². The topological polar surface area (TPSA) is 104 Å². The van der Waals surface area contributed by atoms with E-state index < -0.39 is 4.92 Å². The molecule has 0 saturated carbocycles. The fourth-order valence-corrected chi connectivity index (χ4v) is 1.34. The zero-order valence-corrected chi connectivity index (χ0v) is 9.66. The summed E-state index contributed by atoms with van der Waals surface area (Å²) in [6, 6.07) is 5.64. The van der Waals surface area contributed by atoms with Crippen LogP contribution in [0.2, 0.25) is 5.02 Å². The minimum absolute atomic E-state index is 0.000157. The van der Waals surface area contributed by atoms with Crippen molar-refractivity contribution in [1.29, 1.82) is 0 Å². The molecule has 2 N–H and O–H groups in total. The van der Waals surface area contributed by atoms with E-state index in [1.807, 2.05) is 0 Å². The van der Waals surface area contributed by atoms with Crippen molar-refractivity contribution in [1.82, 2.24) is 9.97 Å². The van der Waals surface area contributed by atoms with Gasteiger partial charge in [0, 0.05) is 6.07 Å². The molecule has 2 aromatic rings. The average molecular weight is 267 g/mol. The van der Waals surface area contributed by atoms with Gasteiger partial charge in [-0.3, -0.25) is 10.1 Å². The van der Waals surface area contributed by atoms with Crippen LogP contribution in [0.25, 0.3) is 0 Å². The van der Waals surface area contributed by atoms with E-state index in [1.165, 1.54) is 24.4 Å². The second-order valence-corrected chi connectivity index (χ2v) is 3.65. The number of nitrogen functional groups attached to an aromatic ring is 1. The number of nitrogens with zero attached hydrogens (tertiary/aromatic N) is 3. The fraction of sp³-hybridized carbons (Fsp3) is 0. The molecule has 0 fully saturated rings. The SMILES string of the molecule is Nc1ncc(Cl)c(Oc2cccc([N+](=O)[O-])c2)n1. The first-order chi connectivity index (χ1) is 8.56. The van der Waals surface area contributed by atoms with Gasteiger partial charge in [0.15, 0.2) is 0 Å². The van der Waals surface area contributed by atoms with E-state index in [9.17, 15) is 10.1 Å². The first-order valence-corrected chi connectivity index (χ1v) is 5.14. The van der Waals surface area contributed by atoms with Crippen molar-refractivity contribution in [3.05, 3.63) is 45.6 Å². The standard InChI is InChI=1S/C10H7ClN4O3/c11-8-5-13-10(12)14-9(8)18-7-3-1-2-6(4-7)15(16)17/h1-5H,(H2,12,13,14). The maximum Gasteiger partial charge on any atom is 0.273 e. The lowest BCUT2D eigenvalue weighted by molar-refractivity contribution is -0.384. The van der Waals surface area contributed by atoms with E-state index in [4.69, 9.17) is 22.1 Å². The molecule has 0 unspecified atom stereocenters. The number of nitro groups is 1. The Balaban J connectivity index is 2.31. The number of rotatable bonds is 3. The Bertz CT molecular complexity index is 605. The number of nitro benzene ring substituents is 1. The van der Waals surface area contributed by atoms with Crippen LogP contribution in [0.5, 0.6) is 11.6 Å². The maximum atomic E-state index is 10.6. The van der Waals surface area contributed by atoms with Gasteiger partial charge in [0.1, 0.15) is 10.8 Å². The van der Waals surface area contributed by atoms with Crippen molar-refractivity contribution in [3.8, 4) is 11.6 Å². The number of hydrogen-bond acceptors (Lipinski definition) is 6.